The molecule has 0 radical (unpaired) electrons. The maximum absolute atomic E-state index is 11.3. The molecule has 0 amide bonds. The quantitative estimate of drug-likeness (QED) is 0.588. The molecule has 2 bridgehead atoms. The van der Waals surface area contributed by atoms with Crippen LogP contribution in [-0.2, 0) is 16.6 Å². The summed E-state index contributed by atoms with van der Waals surface area (Å²) < 4.78 is 5.37. The molecule has 3 aliphatic rings. The second kappa shape index (κ2) is 5.09. The number of benzene rings is 1. The van der Waals surface area contributed by atoms with E-state index in [0.717, 1.165) is 18.1 Å². The van der Waals surface area contributed by atoms with Gasteiger partial charge in [0.05, 0.1) is 0 Å². The standard InChI is InChI=1S/C19H25NO2/c1-13(21)22-15-7-6-14-11-18-16-5-3-4-8-19(16,17(14)12-15)9-10-20(18)2/h6-7,12,16,18H,3-5,8-11H2,1-2H3/t16-,18+,19-/m0/s1. The number of nitrogens with zero attached hydrogens (tertiary/aromatic N) is 1. The van der Waals surface area contributed by atoms with Crippen molar-refractivity contribution < 1.29 is 9.53 Å². The molecule has 118 valence electrons. The van der Waals surface area contributed by atoms with E-state index in [4.69, 9.17) is 4.74 Å². The van der Waals surface area contributed by atoms with Gasteiger partial charge in [-0.2, -0.15) is 0 Å². The van der Waals surface area contributed by atoms with Gasteiger partial charge < -0.3 is 9.64 Å². The van der Waals surface area contributed by atoms with E-state index >= 15 is 0 Å². The predicted molar refractivity (Wildman–Crippen MR) is 86.1 cm³/mol. The normalized spacial score (nSPS) is 33.7. The minimum Gasteiger partial charge on any atom is -0.427 e. The van der Waals surface area contributed by atoms with Crippen molar-refractivity contribution in [3.63, 3.8) is 0 Å². The molecule has 2 aliphatic carbocycles. The van der Waals surface area contributed by atoms with E-state index < -0.39 is 0 Å². The predicted octanol–water partition coefficient (Wildman–Crippen LogP) is 3.30. The molecule has 1 saturated carbocycles. The van der Waals surface area contributed by atoms with Crippen LogP contribution in [0.5, 0.6) is 5.75 Å². The fourth-order valence-corrected chi connectivity index (χ4v) is 5.41. The number of piperidine rings is 1. The van der Waals surface area contributed by atoms with Crippen molar-refractivity contribution in [1.82, 2.24) is 4.90 Å². The maximum atomic E-state index is 11.3. The molecular formula is C19H25NO2. The smallest absolute Gasteiger partial charge is 0.308 e. The summed E-state index contributed by atoms with van der Waals surface area (Å²) in [5, 5.41) is 0. The van der Waals surface area contributed by atoms with E-state index in [1.165, 1.54) is 56.7 Å². The molecule has 3 atom stereocenters. The molecule has 2 fully saturated rings. The third-order valence-electron chi connectivity index (χ3n) is 6.35. The van der Waals surface area contributed by atoms with Gasteiger partial charge in [0.15, 0.2) is 0 Å². The SMILES string of the molecule is CC(=O)Oc1ccc2c(c1)[C@]13CCCC[C@H]1[C@@H](C2)N(C)CC3. The summed E-state index contributed by atoms with van der Waals surface area (Å²) in [6.45, 7) is 2.67. The Morgan fingerprint density at radius 3 is 3.00 bits per heavy atom. The Labute approximate surface area is 132 Å². The highest BCUT2D eigenvalue weighted by atomic mass is 16.5. The van der Waals surface area contributed by atoms with Crippen molar-refractivity contribution in [3.05, 3.63) is 29.3 Å². The lowest BCUT2D eigenvalue weighted by Crippen LogP contribution is -2.59. The minimum atomic E-state index is -0.227. The van der Waals surface area contributed by atoms with Crippen LogP contribution in [0.15, 0.2) is 18.2 Å². The third kappa shape index (κ3) is 2.02. The molecule has 0 spiro atoms. The molecule has 1 aliphatic heterocycles. The van der Waals surface area contributed by atoms with Gasteiger partial charge in [-0.05, 0) is 68.5 Å². The number of rotatable bonds is 1. The Balaban J connectivity index is 1.82. The van der Waals surface area contributed by atoms with Gasteiger partial charge in [-0.1, -0.05) is 18.9 Å². The Kier molecular flexibility index (Phi) is 3.30. The molecule has 1 heterocycles. The fraction of sp³-hybridized carbons (Fsp3) is 0.632. The minimum absolute atomic E-state index is 0.227. The van der Waals surface area contributed by atoms with Crippen LogP contribution in [0.4, 0.5) is 0 Å². The topological polar surface area (TPSA) is 29.5 Å². The summed E-state index contributed by atoms with van der Waals surface area (Å²) in [7, 11) is 2.29. The number of carbonyl (C=O) groups excluding carboxylic acids is 1. The van der Waals surface area contributed by atoms with Crippen LogP contribution in [0.25, 0.3) is 0 Å². The summed E-state index contributed by atoms with van der Waals surface area (Å²) in [6, 6.07) is 7.04. The summed E-state index contributed by atoms with van der Waals surface area (Å²) in [5.41, 5.74) is 3.30. The molecule has 0 aromatic heterocycles. The lowest BCUT2D eigenvalue weighted by Gasteiger charge is -2.58. The van der Waals surface area contributed by atoms with Crippen LogP contribution in [0, 0.1) is 5.92 Å². The number of esters is 1. The van der Waals surface area contributed by atoms with Crippen molar-refractivity contribution in [3.8, 4) is 5.75 Å². The van der Waals surface area contributed by atoms with E-state index in [9.17, 15) is 4.79 Å². The molecule has 0 unspecified atom stereocenters. The van der Waals surface area contributed by atoms with Crippen LogP contribution in [0.1, 0.15) is 50.2 Å². The van der Waals surface area contributed by atoms with E-state index in [1.807, 2.05) is 6.07 Å². The first-order valence-electron chi connectivity index (χ1n) is 8.62. The Bertz CT molecular complexity index is 611. The van der Waals surface area contributed by atoms with Crippen LogP contribution in [0.2, 0.25) is 0 Å². The second-order valence-electron chi connectivity index (χ2n) is 7.42. The lowest BCUT2D eigenvalue weighted by atomic mass is 9.52. The zero-order chi connectivity index (χ0) is 15.3. The van der Waals surface area contributed by atoms with E-state index in [1.54, 1.807) is 0 Å². The molecule has 1 aromatic rings. The molecular weight excluding hydrogens is 274 g/mol. The van der Waals surface area contributed by atoms with Gasteiger partial charge in [-0.25, -0.2) is 0 Å². The molecule has 1 saturated heterocycles. The highest BCUT2D eigenvalue weighted by molar-refractivity contribution is 5.69. The van der Waals surface area contributed by atoms with E-state index in [-0.39, 0.29) is 5.97 Å². The number of fused-ring (bicyclic) bond motifs is 1. The Hall–Kier alpha value is -1.35. The second-order valence-corrected chi connectivity index (χ2v) is 7.42. The van der Waals surface area contributed by atoms with Crippen molar-refractivity contribution in [1.29, 1.82) is 0 Å². The van der Waals surface area contributed by atoms with Crippen molar-refractivity contribution in [2.45, 2.75) is 56.9 Å². The molecule has 22 heavy (non-hydrogen) atoms. The van der Waals surface area contributed by atoms with Gasteiger partial charge in [0, 0.05) is 18.4 Å². The van der Waals surface area contributed by atoms with E-state index in [2.05, 4.69) is 24.1 Å². The van der Waals surface area contributed by atoms with Gasteiger partial charge in [0.25, 0.3) is 0 Å². The van der Waals surface area contributed by atoms with Crippen molar-refractivity contribution >= 4 is 5.97 Å². The highest BCUT2D eigenvalue weighted by Crippen LogP contribution is 2.55. The van der Waals surface area contributed by atoms with Crippen LogP contribution in [0.3, 0.4) is 0 Å². The summed E-state index contributed by atoms with van der Waals surface area (Å²) in [5.74, 6) is 1.28. The summed E-state index contributed by atoms with van der Waals surface area (Å²) in [4.78, 5) is 13.9. The Morgan fingerprint density at radius 2 is 2.18 bits per heavy atom. The molecule has 1 aromatic carbocycles. The number of ether oxygens (including phenoxy) is 1. The summed E-state index contributed by atoms with van der Waals surface area (Å²) in [6.07, 6.45) is 7.77. The number of hydrogen-bond donors (Lipinski definition) is 0. The van der Waals surface area contributed by atoms with Crippen LogP contribution in [-0.4, -0.2) is 30.5 Å². The lowest BCUT2D eigenvalue weighted by molar-refractivity contribution is -0.131. The first-order valence-corrected chi connectivity index (χ1v) is 8.62. The van der Waals surface area contributed by atoms with Crippen LogP contribution < -0.4 is 4.74 Å². The van der Waals surface area contributed by atoms with E-state index in [0.29, 0.717) is 11.5 Å². The first kappa shape index (κ1) is 14.3. The Morgan fingerprint density at radius 1 is 1.32 bits per heavy atom. The highest BCUT2D eigenvalue weighted by Gasteiger charge is 2.53. The number of likely N-dealkylation sites (tertiary alicyclic amines) is 1. The zero-order valence-corrected chi connectivity index (χ0v) is 13.6. The average molecular weight is 299 g/mol. The van der Waals surface area contributed by atoms with Crippen LogP contribution >= 0.6 is 0 Å². The summed E-state index contributed by atoms with van der Waals surface area (Å²) >= 11 is 0. The number of hydrogen-bond acceptors (Lipinski definition) is 3. The van der Waals surface area contributed by atoms with Gasteiger partial charge in [0.2, 0.25) is 0 Å². The largest absolute Gasteiger partial charge is 0.427 e. The third-order valence-corrected chi connectivity index (χ3v) is 6.35. The monoisotopic (exact) mass is 299 g/mol. The zero-order valence-electron chi connectivity index (χ0n) is 13.6. The van der Waals surface area contributed by atoms with Gasteiger partial charge in [-0.3, -0.25) is 4.79 Å². The number of carbonyl (C=O) groups is 1. The molecule has 3 nitrogen and oxygen atoms in total. The maximum Gasteiger partial charge on any atom is 0.308 e. The molecule has 4 rings (SSSR count). The van der Waals surface area contributed by atoms with Crippen molar-refractivity contribution in [2.75, 3.05) is 13.6 Å². The first-order chi connectivity index (χ1) is 10.6. The number of likely N-dealkylation sites (N-methyl/N-ethyl adjacent to an activating group) is 1. The molecule has 0 N–H and O–H groups in total. The van der Waals surface area contributed by atoms with Crippen molar-refractivity contribution in [2.24, 2.45) is 5.92 Å². The average Bonchev–Trinajstić information content (AvgIpc) is 2.51. The molecule has 3 heteroatoms. The van der Waals surface area contributed by atoms with Gasteiger partial charge in [-0.15, -0.1) is 0 Å². The fourth-order valence-electron chi connectivity index (χ4n) is 5.41. The van der Waals surface area contributed by atoms with Gasteiger partial charge >= 0.3 is 5.97 Å². The van der Waals surface area contributed by atoms with Gasteiger partial charge in [0.1, 0.15) is 5.75 Å².